The Morgan fingerprint density at radius 2 is 2.03 bits per heavy atom. The molecule has 3 heterocycles. The van der Waals surface area contributed by atoms with Crippen molar-refractivity contribution in [3.63, 3.8) is 0 Å². The van der Waals surface area contributed by atoms with Crippen LogP contribution in [0.4, 0.5) is 10.3 Å². The minimum atomic E-state index is -0.479. The van der Waals surface area contributed by atoms with Gasteiger partial charge in [-0.1, -0.05) is 30.8 Å². The van der Waals surface area contributed by atoms with Crippen molar-refractivity contribution in [3.8, 4) is 5.75 Å². The third-order valence-corrected chi connectivity index (χ3v) is 7.85. The summed E-state index contributed by atoms with van der Waals surface area (Å²) in [6, 6.07) is 12.8. The van der Waals surface area contributed by atoms with Gasteiger partial charge in [-0.05, 0) is 54.0 Å². The van der Waals surface area contributed by atoms with Crippen LogP contribution >= 0.6 is 0 Å². The summed E-state index contributed by atoms with van der Waals surface area (Å²) in [5.41, 5.74) is 10.0. The summed E-state index contributed by atoms with van der Waals surface area (Å²) < 4.78 is 19.7. The molecular formula is C27H27FN6O2. The summed E-state index contributed by atoms with van der Waals surface area (Å²) in [5, 5.41) is 7.33. The van der Waals surface area contributed by atoms with Crippen LogP contribution in [0.25, 0.3) is 16.6 Å². The molecule has 1 fully saturated rings. The normalized spacial score (nSPS) is 18.5. The Morgan fingerprint density at radius 3 is 2.78 bits per heavy atom. The molecule has 4 aromatic rings. The lowest BCUT2D eigenvalue weighted by Gasteiger charge is -2.42. The first-order valence-electron chi connectivity index (χ1n) is 12.0. The van der Waals surface area contributed by atoms with E-state index in [0.717, 1.165) is 32.4 Å². The van der Waals surface area contributed by atoms with Gasteiger partial charge in [0, 0.05) is 30.3 Å². The molecule has 1 aliphatic heterocycles. The molecule has 1 aliphatic carbocycles. The minimum Gasteiger partial charge on any atom is -0.497 e. The Labute approximate surface area is 207 Å². The quantitative estimate of drug-likeness (QED) is 0.406. The van der Waals surface area contributed by atoms with Gasteiger partial charge < -0.3 is 15.4 Å². The van der Waals surface area contributed by atoms with Crippen LogP contribution in [0.3, 0.4) is 0 Å². The Balaban J connectivity index is 1.26. The first-order chi connectivity index (χ1) is 17.4. The summed E-state index contributed by atoms with van der Waals surface area (Å²) in [6.45, 7) is 5.46. The Morgan fingerprint density at radius 1 is 1.25 bits per heavy atom. The molecule has 0 bridgehead atoms. The summed E-state index contributed by atoms with van der Waals surface area (Å²) in [7, 11) is 1.50. The number of hydrogen-bond donors (Lipinski definition) is 3. The Kier molecular flexibility index (Phi) is 5.19. The minimum absolute atomic E-state index is 0.0172. The first kappa shape index (κ1) is 22.5. The van der Waals surface area contributed by atoms with E-state index in [2.05, 4.69) is 49.8 Å². The fourth-order valence-corrected chi connectivity index (χ4v) is 5.75. The van der Waals surface area contributed by atoms with Crippen LogP contribution in [0.2, 0.25) is 0 Å². The lowest BCUT2D eigenvalue weighted by molar-refractivity contribution is 0.187. The molecule has 2 aliphatic rings. The van der Waals surface area contributed by atoms with Crippen LogP contribution in [0.5, 0.6) is 5.75 Å². The fraction of sp³-hybridized carbons (Fsp3) is 0.296. The molecular weight excluding hydrogens is 459 g/mol. The molecule has 4 N–H and O–H groups in total. The van der Waals surface area contributed by atoms with E-state index < -0.39 is 5.82 Å². The average Bonchev–Trinajstić information content (AvgIpc) is 3.44. The zero-order valence-corrected chi connectivity index (χ0v) is 20.0. The molecule has 36 heavy (non-hydrogen) atoms. The maximum Gasteiger partial charge on any atom is 0.264 e. The second kappa shape index (κ2) is 8.30. The van der Waals surface area contributed by atoms with Crippen molar-refractivity contribution in [2.45, 2.75) is 25.3 Å². The van der Waals surface area contributed by atoms with Gasteiger partial charge in [-0.2, -0.15) is 10.1 Å². The number of H-pyrrole nitrogens is 2. The monoisotopic (exact) mass is 486 g/mol. The van der Waals surface area contributed by atoms with Crippen molar-refractivity contribution < 1.29 is 9.13 Å². The van der Waals surface area contributed by atoms with Crippen LogP contribution in [0.1, 0.15) is 41.3 Å². The van der Waals surface area contributed by atoms with Gasteiger partial charge >= 0.3 is 0 Å². The van der Waals surface area contributed by atoms with Gasteiger partial charge in [-0.15, -0.1) is 0 Å². The predicted molar refractivity (Wildman–Crippen MR) is 137 cm³/mol. The van der Waals surface area contributed by atoms with Crippen molar-refractivity contribution in [2.24, 2.45) is 11.1 Å². The number of aromatic amines is 2. The van der Waals surface area contributed by atoms with E-state index in [0.29, 0.717) is 17.3 Å². The topological polar surface area (TPSA) is 113 Å². The average molecular weight is 487 g/mol. The number of halogens is 1. The summed E-state index contributed by atoms with van der Waals surface area (Å²) in [5.74, 6) is 0.488. The van der Waals surface area contributed by atoms with Gasteiger partial charge in [0.05, 0.1) is 7.11 Å². The van der Waals surface area contributed by atoms with Gasteiger partial charge in [-0.3, -0.25) is 14.9 Å². The molecule has 9 heteroatoms. The number of nitrogens with two attached hydrogens (primary N) is 1. The second-order valence-electron chi connectivity index (χ2n) is 9.71. The molecule has 2 aromatic heterocycles. The number of fused-ring (bicyclic) bond motifs is 2. The van der Waals surface area contributed by atoms with Crippen molar-refractivity contribution in [2.75, 3.05) is 25.1 Å². The lowest BCUT2D eigenvalue weighted by atomic mass is 9.73. The van der Waals surface area contributed by atoms with Crippen molar-refractivity contribution in [1.29, 1.82) is 0 Å². The van der Waals surface area contributed by atoms with E-state index >= 15 is 0 Å². The summed E-state index contributed by atoms with van der Waals surface area (Å²) >= 11 is 0. The number of hydrogen-bond acceptors (Lipinski definition) is 6. The van der Waals surface area contributed by atoms with E-state index in [1.807, 2.05) is 6.07 Å². The number of ether oxygens (including phenoxy) is 1. The predicted octanol–water partition coefficient (Wildman–Crippen LogP) is 3.70. The van der Waals surface area contributed by atoms with Crippen LogP contribution < -0.4 is 20.9 Å². The smallest absolute Gasteiger partial charge is 0.264 e. The molecule has 6 rings (SSSR count). The molecule has 2 aromatic carbocycles. The number of rotatable bonds is 4. The van der Waals surface area contributed by atoms with E-state index in [9.17, 15) is 9.18 Å². The van der Waals surface area contributed by atoms with Crippen LogP contribution in [0.15, 0.2) is 53.8 Å². The maximum absolute atomic E-state index is 14.5. The van der Waals surface area contributed by atoms with Crippen molar-refractivity contribution in [3.05, 3.63) is 87.6 Å². The summed E-state index contributed by atoms with van der Waals surface area (Å²) in [4.78, 5) is 22.8. The van der Waals surface area contributed by atoms with E-state index in [1.54, 1.807) is 0 Å². The lowest BCUT2D eigenvalue weighted by Crippen LogP contribution is -2.45. The molecule has 0 amide bonds. The van der Waals surface area contributed by atoms with Crippen LogP contribution in [-0.4, -0.2) is 40.4 Å². The highest BCUT2D eigenvalue weighted by Gasteiger charge is 2.46. The van der Waals surface area contributed by atoms with E-state index in [4.69, 9.17) is 10.5 Å². The zero-order chi connectivity index (χ0) is 25.0. The van der Waals surface area contributed by atoms with E-state index in [-0.39, 0.29) is 39.2 Å². The van der Waals surface area contributed by atoms with Crippen molar-refractivity contribution in [1.82, 2.24) is 20.2 Å². The van der Waals surface area contributed by atoms with Gasteiger partial charge in [0.1, 0.15) is 22.6 Å². The molecule has 0 saturated carbocycles. The zero-order valence-electron chi connectivity index (χ0n) is 20.0. The Hall–Kier alpha value is -3.98. The number of piperidine rings is 1. The molecule has 1 atom stereocenters. The third-order valence-electron chi connectivity index (χ3n) is 7.85. The van der Waals surface area contributed by atoms with Gasteiger partial charge in [-0.25, -0.2) is 4.39 Å². The number of anilines is 1. The molecule has 0 radical (unpaired) electrons. The SMILES string of the molecule is C=C(c1cc(OC)ccc1F)c1n[nH]c2nc(N3CCC4(CC3)Cc3ccccc3[C@H]4N)[nH]c(=O)c12. The molecule has 184 valence electrons. The highest BCUT2D eigenvalue weighted by atomic mass is 19.1. The van der Waals surface area contributed by atoms with E-state index in [1.165, 1.54) is 36.4 Å². The number of aromatic nitrogens is 4. The van der Waals surface area contributed by atoms with Gasteiger partial charge in [0.2, 0.25) is 5.95 Å². The largest absolute Gasteiger partial charge is 0.497 e. The molecule has 1 saturated heterocycles. The number of benzene rings is 2. The standard InChI is InChI=1S/C27H27FN6O2/c1-15(19-13-17(36-2)7-8-20(19)28)22-21-24(33-32-22)30-26(31-25(21)35)34-11-9-27(10-12-34)14-16-5-3-4-6-18(16)23(27)29/h3-8,13,23H,1,9-12,14,29H2,2H3,(H2,30,31,32,33,35)/t23-/m1/s1. The van der Waals surface area contributed by atoms with Crippen molar-refractivity contribution >= 4 is 22.6 Å². The molecule has 8 nitrogen and oxygen atoms in total. The second-order valence-corrected chi connectivity index (χ2v) is 9.71. The molecule has 1 spiro atoms. The fourth-order valence-electron chi connectivity index (χ4n) is 5.75. The number of nitrogens with zero attached hydrogens (tertiary/aromatic N) is 3. The van der Waals surface area contributed by atoms with Gasteiger partial charge in [0.15, 0.2) is 5.65 Å². The highest BCUT2D eigenvalue weighted by molar-refractivity contribution is 5.92. The Bertz CT molecular complexity index is 1550. The van der Waals surface area contributed by atoms with Crippen LogP contribution in [-0.2, 0) is 6.42 Å². The molecule has 0 unspecified atom stereocenters. The highest BCUT2D eigenvalue weighted by Crippen LogP contribution is 2.50. The summed E-state index contributed by atoms with van der Waals surface area (Å²) in [6.07, 6.45) is 2.80. The first-order valence-corrected chi connectivity index (χ1v) is 12.0. The van der Waals surface area contributed by atoms with Crippen LogP contribution in [0, 0.1) is 11.2 Å². The number of nitrogens with one attached hydrogen (secondary N) is 2. The van der Waals surface area contributed by atoms with Gasteiger partial charge in [0.25, 0.3) is 5.56 Å². The third kappa shape index (κ3) is 3.42. The number of methoxy groups -OCH3 is 1. The maximum atomic E-state index is 14.5.